The largest absolute Gasteiger partial charge is 0.504 e. The summed E-state index contributed by atoms with van der Waals surface area (Å²) >= 11 is 0. The molecule has 2 aliphatic heterocycles. The molecule has 1 aromatic rings. The van der Waals surface area contributed by atoms with E-state index in [9.17, 15) is 15.0 Å². The van der Waals surface area contributed by atoms with E-state index in [4.69, 9.17) is 4.74 Å². The van der Waals surface area contributed by atoms with Crippen LogP contribution in [0.5, 0.6) is 11.5 Å². The Morgan fingerprint density at radius 1 is 1.30 bits per heavy atom. The van der Waals surface area contributed by atoms with Crippen LogP contribution >= 0.6 is 0 Å². The number of nitrogens with zero attached hydrogens (tertiary/aromatic N) is 1. The highest BCUT2D eigenvalue weighted by atomic mass is 16.5. The van der Waals surface area contributed by atoms with Crippen molar-refractivity contribution in [1.29, 1.82) is 0 Å². The normalized spacial score (nSPS) is 36.8. The predicted molar refractivity (Wildman–Crippen MR) is 125 cm³/mol. The summed E-state index contributed by atoms with van der Waals surface area (Å²) in [4.78, 5) is 15.5. The van der Waals surface area contributed by atoms with Gasteiger partial charge in [-0.15, -0.1) is 0 Å². The van der Waals surface area contributed by atoms with Gasteiger partial charge in [-0.05, 0) is 76.0 Å². The van der Waals surface area contributed by atoms with Gasteiger partial charge in [-0.25, -0.2) is 0 Å². The minimum Gasteiger partial charge on any atom is -0.504 e. The molecule has 1 aromatic carbocycles. The zero-order valence-corrected chi connectivity index (χ0v) is 19.8. The molecule has 2 heterocycles. The maximum Gasteiger partial charge on any atom is 0.246 e. The number of rotatable bonds is 6. The minimum absolute atomic E-state index is 0.0576. The summed E-state index contributed by atoms with van der Waals surface area (Å²) in [5, 5.41) is 26.4. The lowest BCUT2D eigenvalue weighted by molar-refractivity contribution is -0.192. The van der Waals surface area contributed by atoms with Crippen LogP contribution in [0.25, 0.3) is 0 Å². The van der Waals surface area contributed by atoms with Crippen molar-refractivity contribution in [2.75, 3.05) is 13.1 Å². The Morgan fingerprint density at radius 3 is 2.88 bits per heavy atom. The summed E-state index contributed by atoms with van der Waals surface area (Å²) in [5.74, 6) is 1.38. The number of carbonyl (C=O) groups excluding carboxylic acids is 1. The predicted octanol–water partition coefficient (Wildman–Crippen LogP) is 3.19. The number of ether oxygens (including phenoxy) is 1. The number of unbranched alkanes of at least 4 members (excludes halogenated alkanes) is 1. The van der Waals surface area contributed by atoms with Gasteiger partial charge < -0.3 is 20.3 Å². The van der Waals surface area contributed by atoms with E-state index < -0.39 is 11.0 Å². The number of aliphatic hydroxyl groups is 1. The second-order valence-corrected chi connectivity index (χ2v) is 11.1. The fraction of sp³-hybridized carbons (Fsp3) is 0.667. The van der Waals surface area contributed by atoms with E-state index in [1.807, 2.05) is 19.1 Å². The number of hydrogen-bond acceptors (Lipinski definition) is 5. The molecule has 1 spiro atoms. The molecule has 6 nitrogen and oxygen atoms in total. The van der Waals surface area contributed by atoms with Crippen LogP contribution < -0.4 is 10.1 Å². The molecule has 1 saturated heterocycles. The van der Waals surface area contributed by atoms with Crippen LogP contribution in [0.3, 0.4) is 0 Å². The number of nitrogens with one attached hydrogen (secondary N) is 1. The third kappa shape index (κ3) is 2.96. The summed E-state index contributed by atoms with van der Waals surface area (Å²) in [5.41, 5.74) is 1.43. The highest BCUT2D eigenvalue weighted by molar-refractivity contribution is 5.93. The average molecular weight is 453 g/mol. The van der Waals surface area contributed by atoms with Gasteiger partial charge in [0.05, 0.1) is 17.1 Å². The molecule has 3 aliphatic carbocycles. The number of likely N-dealkylation sites (tertiary alicyclic amines) is 1. The first-order chi connectivity index (χ1) is 15.9. The van der Waals surface area contributed by atoms with E-state index in [2.05, 4.69) is 17.1 Å². The lowest BCUT2D eigenvalue weighted by Crippen LogP contribution is -2.78. The van der Waals surface area contributed by atoms with Crippen molar-refractivity contribution in [3.63, 3.8) is 0 Å². The van der Waals surface area contributed by atoms with E-state index >= 15 is 0 Å². The standard InChI is InChI=1S/C27H36N2O4/c1-3-4-5-16(2)25(31)28-19-10-11-27(32)21-14-18-8-9-20(30)23-22(18)26(27,24(19)33-23)12-13-29(21)15-17-6-7-17/h5,8-9,17,19,21,24,30,32H,3-4,6-7,10-15H2,1-2H3,(H,28,31)/b16-5+/t19-,21-,24+,26+,27-/m1/s1. The van der Waals surface area contributed by atoms with Gasteiger partial charge in [-0.3, -0.25) is 9.69 Å². The zero-order chi connectivity index (χ0) is 23.0. The Hall–Kier alpha value is -2.05. The van der Waals surface area contributed by atoms with Gasteiger partial charge in [0.25, 0.3) is 0 Å². The van der Waals surface area contributed by atoms with E-state index in [0.717, 1.165) is 55.8 Å². The molecule has 3 N–H and O–H groups in total. The fourth-order valence-corrected chi connectivity index (χ4v) is 7.37. The first-order valence-corrected chi connectivity index (χ1v) is 12.8. The minimum atomic E-state index is -0.912. The second-order valence-electron chi connectivity index (χ2n) is 11.1. The Kier molecular flexibility index (Phi) is 4.87. The van der Waals surface area contributed by atoms with Crippen molar-refractivity contribution >= 4 is 5.91 Å². The number of amides is 1. The Balaban J connectivity index is 1.39. The van der Waals surface area contributed by atoms with Gasteiger partial charge in [-0.1, -0.05) is 25.5 Å². The van der Waals surface area contributed by atoms with Crippen molar-refractivity contribution in [1.82, 2.24) is 10.2 Å². The van der Waals surface area contributed by atoms with Gasteiger partial charge in [0.2, 0.25) is 5.91 Å². The molecule has 0 aromatic heterocycles. The smallest absolute Gasteiger partial charge is 0.246 e. The van der Waals surface area contributed by atoms with Crippen LogP contribution in [0.2, 0.25) is 0 Å². The van der Waals surface area contributed by atoms with E-state index in [1.54, 1.807) is 6.07 Å². The molecular weight excluding hydrogens is 416 g/mol. The van der Waals surface area contributed by atoms with Crippen molar-refractivity contribution in [2.45, 2.75) is 94.4 Å². The van der Waals surface area contributed by atoms with Crippen LogP contribution in [0.4, 0.5) is 0 Å². The number of hydrogen-bond donors (Lipinski definition) is 3. The highest BCUT2D eigenvalue weighted by Crippen LogP contribution is 2.65. The molecule has 3 fully saturated rings. The number of aromatic hydroxyl groups is 1. The first kappa shape index (κ1) is 21.5. The third-order valence-electron chi connectivity index (χ3n) is 9.18. The number of phenolic OH excluding ortho intramolecular Hbond substituents is 1. The molecular formula is C27H36N2O4. The van der Waals surface area contributed by atoms with Crippen molar-refractivity contribution in [3.05, 3.63) is 34.9 Å². The summed E-state index contributed by atoms with van der Waals surface area (Å²) in [6.07, 6.45) is 9.00. The summed E-state index contributed by atoms with van der Waals surface area (Å²) in [6, 6.07) is 3.62. The summed E-state index contributed by atoms with van der Waals surface area (Å²) < 4.78 is 6.51. The summed E-state index contributed by atoms with van der Waals surface area (Å²) in [6.45, 7) is 5.96. The third-order valence-corrected chi connectivity index (χ3v) is 9.18. The Bertz CT molecular complexity index is 1020. The molecule has 178 valence electrons. The fourth-order valence-electron chi connectivity index (χ4n) is 7.37. The van der Waals surface area contributed by atoms with Gasteiger partial charge in [0, 0.05) is 23.7 Å². The van der Waals surface area contributed by atoms with Gasteiger partial charge >= 0.3 is 0 Å². The Labute approximate surface area is 196 Å². The van der Waals surface area contributed by atoms with Crippen molar-refractivity contribution in [3.8, 4) is 11.5 Å². The molecule has 2 saturated carbocycles. The van der Waals surface area contributed by atoms with Crippen LogP contribution in [0, 0.1) is 5.92 Å². The molecule has 0 radical (unpaired) electrons. The second kappa shape index (κ2) is 7.47. The maximum atomic E-state index is 13.0. The van der Waals surface area contributed by atoms with E-state index in [-0.39, 0.29) is 29.8 Å². The highest BCUT2D eigenvalue weighted by Gasteiger charge is 2.73. The lowest BCUT2D eigenvalue weighted by atomic mass is 9.48. The van der Waals surface area contributed by atoms with Gasteiger partial charge in [0.1, 0.15) is 6.10 Å². The monoisotopic (exact) mass is 452 g/mol. The molecule has 6 rings (SSSR count). The lowest BCUT2D eigenvalue weighted by Gasteiger charge is -2.64. The van der Waals surface area contributed by atoms with Crippen LogP contribution in [-0.4, -0.2) is 57.9 Å². The molecule has 1 amide bonds. The SMILES string of the molecule is CCC/C=C(\C)C(=O)N[C@@H]1CC[C@@]2(O)[C@H]3Cc4ccc(O)c5c4[C@@]2(CCN3CC2CC2)[C@H]1O5. The Morgan fingerprint density at radius 2 is 2.12 bits per heavy atom. The van der Waals surface area contributed by atoms with E-state index in [0.29, 0.717) is 18.6 Å². The number of piperidine rings is 1. The molecule has 0 unspecified atom stereocenters. The molecule has 5 atom stereocenters. The maximum absolute atomic E-state index is 13.0. The van der Waals surface area contributed by atoms with Crippen LogP contribution in [0.15, 0.2) is 23.8 Å². The van der Waals surface area contributed by atoms with Gasteiger partial charge in [0.15, 0.2) is 11.5 Å². The van der Waals surface area contributed by atoms with E-state index in [1.165, 1.54) is 18.4 Å². The number of benzene rings is 1. The van der Waals surface area contributed by atoms with Crippen molar-refractivity contribution in [2.24, 2.45) is 5.92 Å². The first-order valence-electron chi connectivity index (χ1n) is 12.8. The quantitative estimate of drug-likeness (QED) is 0.578. The topological polar surface area (TPSA) is 82.0 Å². The molecule has 6 heteroatoms. The summed E-state index contributed by atoms with van der Waals surface area (Å²) in [7, 11) is 0. The number of phenols is 1. The van der Waals surface area contributed by atoms with Crippen LogP contribution in [0.1, 0.15) is 69.9 Å². The zero-order valence-electron chi connectivity index (χ0n) is 19.8. The van der Waals surface area contributed by atoms with Crippen molar-refractivity contribution < 1.29 is 19.7 Å². The molecule has 2 bridgehead atoms. The molecule has 33 heavy (non-hydrogen) atoms. The molecule has 5 aliphatic rings. The number of allylic oxidation sites excluding steroid dienone is 1. The van der Waals surface area contributed by atoms with Crippen LogP contribution in [-0.2, 0) is 16.6 Å². The van der Waals surface area contributed by atoms with Gasteiger partial charge in [-0.2, -0.15) is 0 Å². The number of carbonyl (C=O) groups is 1. The average Bonchev–Trinajstić information content (AvgIpc) is 3.54.